The van der Waals surface area contributed by atoms with E-state index in [4.69, 9.17) is 5.73 Å². The maximum absolute atomic E-state index is 14.1. The number of aliphatic hydroxyl groups excluding tert-OH is 2. The number of imidazole rings is 1. The van der Waals surface area contributed by atoms with Crippen LogP contribution >= 0.6 is 0 Å². The first kappa shape index (κ1) is 30.3. The number of aliphatic hydroxyl groups is 3. The molecule has 3 aliphatic carbocycles. The van der Waals surface area contributed by atoms with Crippen molar-refractivity contribution in [3.8, 4) is 5.75 Å². The number of phenolic OH excluding ortho intramolecular Hbond substituents is 1. The van der Waals surface area contributed by atoms with Crippen LogP contribution in [0.15, 0.2) is 35.5 Å². The van der Waals surface area contributed by atoms with Gasteiger partial charge in [0, 0.05) is 48.4 Å². The number of ketones is 2. The largest absolute Gasteiger partial charge is 0.508 e. The Morgan fingerprint density at radius 3 is 2.35 bits per heavy atom. The van der Waals surface area contributed by atoms with E-state index >= 15 is 0 Å². The topological polar surface area (TPSA) is 182 Å². The lowest BCUT2D eigenvalue weighted by Crippen LogP contribution is -2.65. The van der Waals surface area contributed by atoms with Crippen LogP contribution in [0.5, 0.6) is 5.75 Å². The summed E-state index contributed by atoms with van der Waals surface area (Å²) in [7, 11) is 6.81. The SMILES string of the molecule is CN(C)c1cc(Cn2cnc(C(C)(C)C)c2)c(O)c2c1C[C@H]1C[C@H]3[C@H](N(C)C)C(=O)C(C(N)=O)=C(O)[C@@]3(O)C(=O)C1=C2O. The van der Waals surface area contributed by atoms with Gasteiger partial charge in [0.25, 0.3) is 5.91 Å². The molecule has 0 saturated heterocycles. The molecule has 1 fully saturated rings. The second kappa shape index (κ2) is 9.95. The van der Waals surface area contributed by atoms with Crippen LogP contribution in [0.1, 0.15) is 49.6 Å². The molecule has 1 saturated carbocycles. The van der Waals surface area contributed by atoms with E-state index < -0.39 is 58.0 Å². The van der Waals surface area contributed by atoms with Gasteiger partial charge in [-0.3, -0.25) is 19.3 Å². The Morgan fingerprint density at radius 2 is 1.81 bits per heavy atom. The van der Waals surface area contributed by atoms with Gasteiger partial charge in [0.15, 0.2) is 11.4 Å². The predicted molar refractivity (Wildman–Crippen MR) is 159 cm³/mol. The number of aromatic nitrogens is 2. The van der Waals surface area contributed by atoms with Crippen LogP contribution < -0.4 is 10.6 Å². The van der Waals surface area contributed by atoms with Crippen LogP contribution in [0.25, 0.3) is 5.76 Å². The minimum absolute atomic E-state index is 0.0335. The Morgan fingerprint density at radius 1 is 1.16 bits per heavy atom. The Bertz CT molecular complexity index is 1630. The molecule has 1 heterocycles. The van der Waals surface area contributed by atoms with Gasteiger partial charge in [0.2, 0.25) is 5.78 Å². The molecule has 5 rings (SSSR count). The van der Waals surface area contributed by atoms with E-state index in [0.29, 0.717) is 11.1 Å². The smallest absolute Gasteiger partial charge is 0.255 e. The van der Waals surface area contributed by atoms with Crippen LogP contribution in [0.2, 0.25) is 0 Å². The number of hydrogen-bond acceptors (Lipinski definition) is 10. The summed E-state index contributed by atoms with van der Waals surface area (Å²) in [5.41, 5.74) is 4.26. The fraction of sp³-hybridized carbons (Fsp3) is 0.484. The van der Waals surface area contributed by atoms with Crippen molar-refractivity contribution in [2.45, 2.75) is 57.2 Å². The van der Waals surface area contributed by atoms with Gasteiger partial charge in [-0.2, -0.15) is 0 Å². The molecule has 0 spiro atoms. The van der Waals surface area contributed by atoms with Gasteiger partial charge in [0.05, 0.1) is 30.2 Å². The monoisotopic (exact) mass is 593 g/mol. The van der Waals surface area contributed by atoms with Gasteiger partial charge in [-0.25, -0.2) is 4.98 Å². The lowest BCUT2D eigenvalue weighted by Gasteiger charge is -2.50. The van der Waals surface area contributed by atoms with Gasteiger partial charge in [0.1, 0.15) is 22.8 Å². The van der Waals surface area contributed by atoms with Crippen molar-refractivity contribution in [1.29, 1.82) is 0 Å². The molecule has 1 aromatic heterocycles. The number of benzene rings is 1. The fourth-order valence-electron chi connectivity index (χ4n) is 6.90. The second-order valence-corrected chi connectivity index (χ2v) is 13.3. The van der Waals surface area contributed by atoms with Crippen molar-refractivity contribution in [2.24, 2.45) is 17.6 Å². The summed E-state index contributed by atoms with van der Waals surface area (Å²) < 4.78 is 1.82. The fourth-order valence-corrected chi connectivity index (χ4v) is 6.90. The molecular weight excluding hydrogens is 554 g/mol. The number of fused-ring (bicyclic) bond motifs is 3. The zero-order chi connectivity index (χ0) is 31.9. The van der Waals surface area contributed by atoms with E-state index in [-0.39, 0.29) is 41.7 Å². The Labute approximate surface area is 249 Å². The number of nitrogens with zero attached hydrogens (tertiary/aromatic N) is 4. The quantitative estimate of drug-likeness (QED) is 0.319. The van der Waals surface area contributed by atoms with E-state index in [9.17, 15) is 34.8 Å². The van der Waals surface area contributed by atoms with Crippen LogP contribution in [-0.4, -0.2) is 92.2 Å². The van der Waals surface area contributed by atoms with Gasteiger partial charge < -0.3 is 35.6 Å². The van der Waals surface area contributed by atoms with Gasteiger partial charge in [-0.15, -0.1) is 0 Å². The second-order valence-electron chi connectivity index (χ2n) is 13.3. The van der Waals surface area contributed by atoms with Gasteiger partial charge in [-0.05, 0) is 44.5 Å². The summed E-state index contributed by atoms with van der Waals surface area (Å²) in [6.45, 7) is 6.36. The molecule has 6 N–H and O–H groups in total. The first-order valence-corrected chi connectivity index (χ1v) is 14.1. The van der Waals surface area contributed by atoms with E-state index in [2.05, 4.69) is 4.98 Å². The molecule has 0 unspecified atom stereocenters. The number of primary amides is 1. The number of nitrogens with two attached hydrogens (primary N) is 1. The number of likely N-dealkylation sites (N-methyl/N-ethyl adjacent to an activating group) is 1. The Kier molecular flexibility index (Phi) is 7.01. The first-order chi connectivity index (χ1) is 19.9. The predicted octanol–water partition coefficient (Wildman–Crippen LogP) is 1.57. The van der Waals surface area contributed by atoms with Crippen LogP contribution in [0.4, 0.5) is 5.69 Å². The van der Waals surface area contributed by atoms with Crippen molar-refractivity contribution in [3.63, 3.8) is 0 Å². The van der Waals surface area contributed by atoms with Crippen LogP contribution in [-0.2, 0) is 32.8 Å². The summed E-state index contributed by atoms with van der Waals surface area (Å²) in [6.07, 6.45) is 3.81. The number of anilines is 1. The summed E-state index contributed by atoms with van der Waals surface area (Å²) in [4.78, 5) is 47.5. The molecule has 12 nitrogen and oxygen atoms in total. The van der Waals surface area contributed by atoms with E-state index in [1.54, 1.807) is 20.4 Å². The number of hydrogen-bond donors (Lipinski definition) is 5. The number of carbonyl (C=O) groups is 3. The van der Waals surface area contributed by atoms with Crippen molar-refractivity contribution in [3.05, 3.63) is 57.9 Å². The third-order valence-corrected chi connectivity index (χ3v) is 9.01. The molecule has 3 aliphatic rings. The molecule has 2 aromatic rings. The maximum atomic E-state index is 14.1. The number of aromatic hydroxyl groups is 1. The zero-order valence-electron chi connectivity index (χ0n) is 25.5. The maximum Gasteiger partial charge on any atom is 0.255 e. The van der Waals surface area contributed by atoms with E-state index in [0.717, 1.165) is 11.4 Å². The highest BCUT2D eigenvalue weighted by Crippen LogP contribution is 2.54. The van der Waals surface area contributed by atoms with E-state index in [1.807, 2.05) is 56.6 Å². The lowest BCUT2D eigenvalue weighted by atomic mass is 9.57. The molecule has 230 valence electrons. The Hall–Kier alpha value is -4.16. The summed E-state index contributed by atoms with van der Waals surface area (Å²) in [5.74, 6) is -6.69. The highest BCUT2D eigenvalue weighted by atomic mass is 16.3. The highest BCUT2D eigenvalue weighted by molar-refractivity contribution is 6.24. The van der Waals surface area contributed by atoms with Crippen LogP contribution in [0, 0.1) is 11.8 Å². The first-order valence-electron chi connectivity index (χ1n) is 14.1. The lowest BCUT2D eigenvalue weighted by molar-refractivity contribution is -0.153. The molecule has 0 aliphatic heterocycles. The highest BCUT2D eigenvalue weighted by Gasteiger charge is 2.64. The molecule has 1 amide bonds. The molecule has 0 bridgehead atoms. The Balaban J connectivity index is 1.69. The molecule has 4 atom stereocenters. The molecule has 1 aromatic carbocycles. The normalized spacial score (nSPS) is 25.6. The third-order valence-electron chi connectivity index (χ3n) is 9.01. The number of rotatable bonds is 5. The summed E-state index contributed by atoms with van der Waals surface area (Å²) in [5, 5.41) is 46.1. The summed E-state index contributed by atoms with van der Waals surface area (Å²) >= 11 is 0. The number of phenols is 1. The van der Waals surface area contributed by atoms with Crippen molar-refractivity contribution in [1.82, 2.24) is 14.5 Å². The number of amides is 1. The van der Waals surface area contributed by atoms with Crippen LogP contribution in [0.3, 0.4) is 0 Å². The summed E-state index contributed by atoms with van der Waals surface area (Å²) in [6, 6.07) is 0.708. The number of Topliss-reactive ketones (excluding diaryl/α,β-unsaturated/α-hetero) is 2. The molecule has 43 heavy (non-hydrogen) atoms. The van der Waals surface area contributed by atoms with Crippen molar-refractivity contribution >= 4 is 28.9 Å². The minimum Gasteiger partial charge on any atom is -0.508 e. The third kappa shape index (κ3) is 4.42. The zero-order valence-corrected chi connectivity index (χ0v) is 25.5. The van der Waals surface area contributed by atoms with Crippen molar-refractivity contribution in [2.75, 3.05) is 33.1 Å². The average Bonchev–Trinajstić information content (AvgIpc) is 3.36. The standard InChI is InChI=1S/C31H39N5O7/c1-30(2,3)19-12-36(13-33-19)11-15-10-18(34(4)5)16-8-14-9-17-23(35(6)7)26(39)22(29(32)42)28(41)31(17,43)27(40)20(14)25(38)21(16)24(15)37/h10,12-14,17,23,37-38,41,43H,8-9,11H2,1-7H3,(H2,32,42)/t14-,17-,23-,31-/m0/s1. The number of carbonyl (C=O) groups excluding carboxylic acids is 3. The van der Waals surface area contributed by atoms with Crippen molar-refractivity contribution < 1.29 is 34.8 Å². The molecule has 12 heteroatoms. The molecular formula is C31H39N5O7. The average molecular weight is 594 g/mol. The van der Waals surface area contributed by atoms with E-state index in [1.165, 1.54) is 4.90 Å². The molecule has 0 radical (unpaired) electrons. The van der Waals surface area contributed by atoms with Gasteiger partial charge >= 0.3 is 0 Å². The minimum atomic E-state index is -2.68. The van der Waals surface area contributed by atoms with Gasteiger partial charge in [-0.1, -0.05) is 20.8 Å².